The Morgan fingerprint density at radius 2 is 1.62 bits per heavy atom. The summed E-state index contributed by atoms with van der Waals surface area (Å²) in [5, 5.41) is 0. The fraction of sp³-hybridized carbons (Fsp3) is 0.938. The Balaban J connectivity index is 1.47. The van der Waals surface area contributed by atoms with Gasteiger partial charge in [0, 0.05) is 52.4 Å². The van der Waals surface area contributed by atoms with Gasteiger partial charge in [-0.2, -0.15) is 17.0 Å². The van der Waals surface area contributed by atoms with Crippen LogP contribution >= 0.6 is 0 Å². The van der Waals surface area contributed by atoms with Crippen molar-refractivity contribution in [2.75, 3.05) is 78.7 Å². The molecule has 10 heteroatoms. The van der Waals surface area contributed by atoms with E-state index in [2.05, 4.69) is 6.92 Å². The summed E-state index contributed by atoms with van der Waals surface area (Å²) in [4.78, 5) is 16.4. The van der Waals surface area contributed by atoms with Crippen LogP contribution in [0.15, 0.2) is 0 Å². The Morgan fingerprint density at radius 1 is 0.962 bits per heavy atom. The Morgan fingerprint density at radius 3 is 2.27 bits per heavy atom. The highest BCUT2D eigenvalue weighted by Crippen LogP contribution is 2.15. The molecule has 0 radical (unpaired) electrons. The molecule has 3 rings (SSSR count). The van der Waals surface area contributed by atoms with Crippen LogP contribution < -0.4 is 0 Å². The molecule has 3 fully saturated rings. The molecule has 3 aliphatic rings. The van der Waals surface area contributed by atoms with E-state index in [1.165, 1.54) is 8.61 Å². The lowest BCUT2D eigenvalue weighted by atomic mass is 10.2. The third-order valence-corrected chi connectivity index (χ3v) is 7.30. The highest BCUT2D eigenvalue weighted by molar-refractivity contribution is 7.86. The first-order chi connectivity index (χ1) is 12.5. The van der Waals surface area contributed by atoms with Crippen molar-refractivity contribution >= 4 is 16.1 Å². The zero-order valence-electron chi connectivity index (χ0n) is 15.5. The van der Waals surface area contributed by atoms with Crippen LogP contribution in [0.25, 0.3) is 0 Å². The standard InChI is InChI=1S/C16H30N4O5S/c1-2-15-13-18(7-12-25-15)16(21)14-17-3-5-19(6-4-17)26(22,23)20-8-10-24-11-9-20/h15H,2-14H2,1H3. The summed E-state index contributed by atoms with van der Waals surface area (Å²) in [5.41, 5.74) is 0. The lowest BCUT2D eigenvalue weighted by molar-refractivity contribution is -0.140. The van der Waals surface area contributed by atoms with Crippen LogP contribution in [0.4, 0.5) is 0 Å². The van der Waals surface area contributed by atoms with Crippen LogP contribution in [0.5, 0.6) is 0 Å². The average Bonchev–Trinajstić information content (AvgIpc) is 2.69. The van der Waals surface area contributed by atoms with Gasteiger partial charge in [0.05, 0.1) is 32.5 Å². The summed E-state index contributed by atoms with van der Waals surface area (Å²) >= 11 is 0. The van der Waals surface area contributed by atoms with Gasteiger partial charge in [0.15, 0.2) is 0 Å². The van der Waals surface area contributed by atoms with E-state index in [0.29, 0.717) is 78.7 Å². The second kappa shape index (κ2) is 8.94. The molecule has 0 N–H and O–H groups in total. The van der Waals surface area contributed by atoms with Crippen molar-refractivity contribution in [1.29, 1.82) is 0 Å². The minimum Gasteiger partial charge on any atom is -0.379 e. The molecule has 0 aromatic heterocycles. The highest BCUT2D eigenvalue weighted by atomic mass is 32.2. The summed E-state index contributed by atoms with van der Waals surface area (Å²) in [5.74, 6) is 0.108. The fourth-order valence-corrected chi connectivity index (χ4v) is 5.10. The minimum atomic E-state index is -3.42. The third-order valence-electron chi connectivity index (χ3n) is 5.26. The number of carbonyl (C=O) groups excluding carboxylic acids is 1. The summed E-state index contributed by atoms with van der Waals surface area (Å²) in [6.45, 7) is 8.03. The molecule has 1 amide bonds. The van der Waals surface area contributed by atoms with Crippen molar-refractivity contribution in [2.45, 2.75) is 19.4 Å². The van der Waals surface area contributed by atoms with Gasteiger partial charge in [-0.3, -0.25) is 9.69 Å². The van der Waals surface area contributed by atoms with E-state index < -0.39 is 10.2 Å². The maximum Gasteiger partial charge on any atom is 0.282 e. The van der Waals surface area contributed by atoms with Gasteiger partial charge in [0.25, 0.3) is 10.2 Å². The molecule has 3 saturated heterocycles. The number of ether oxygens (including phenoxy) is 2. The largest absolute Gasteiger partial charge is 0.379 e. The molecule has 1 unspecified atom stereocenters. The molecule has 3 aliphatic heterocycles. The van der Waals surface area contributed by atoms with Gasteiger partial charge in [0.1, 0.15) is 0 Å². The maximum atomic E-state index is 12.7. The first kappa shape index (κ1) is 20.0. The number of morpholine rings is 2. The van der Waals surface area contributed by atoms with Gasteiger partial charge >= 0.3 is 0 Å². The molecular weight excluding hydrogens is 360 g/mol. The molecular formula is C16H30N4O5S. The molecule has 26 heavy (non-hydrogen) atoms. The molecule has 0 aliphatic carbocycles. The highest BCUT2D eigenvalue weighted by Gasteiger charge is 2.34. The Kier molecular flexibility index (Phi) is 6.87. The summed E-state index contributed by atoms with van der Waals surface area (Å²) in [6.07, 6.45) is 1.03. The van der Waals surface area contributed by atoms with E-state index in [9.17, 15) is 13.2 Å². The number of rotatable bonds is 5. The summed E-state index contributed by atoms with van der Waals surface area (Å²) in [7, 11) is -3.42. The molecule has 3 heterocycles. The van der Waals surface area contributed by atoms with E-state index in [-0.39, 0.29) is 12.0 Å². The van der Waals surface area contributed by atoms with Gasteiger partial charge in [0.2, 0.25) is 5.91 Å². The van der Waals surface area contributed by atoms with Crippen LogP contribution in [-0.4, -0.2) is 118 Å². The van der Waals surface area contributed by atoms with Crippen molar-refractivity contribution in [1.82, 2.24) is 18.4 Å². The van der Waals surface area contributed by atoms with Gasteiger partial charge in [-0.15, -0.1) is 0 Å². The van der Waals surface area contributed by atoms with Gasteiger partial charge in [-0.25, -0.2) is 0 Å². The van der Waals surface area contributed by atoms with Crippen LogP contribution in [0.2, 0.25) is 0 Å². The molecule has 0 spiro atoms. The number of nitrogens with zero attached hydrogens (tertiary/aromatic N) is 4. The van der Waals surface area contributed by atoms with Crippen molar-refractivity contribution < 1.29 is 22.7 Å². The fourth-order valence-electron chi connectivity index (χ4n) is 3.54. The maximum absolute atomic E-state index is 12.7. The lowest BCUT2D eigenvalue weighted by Crippen LogP contribution is -2.56. The predicted octanol–water partition coefficient (Wildman–Crippen LogP) is -1.18. The van der Waals surface area contributed by atoms with Crippen molar-refractivity contribution in [3.63, 3.8) is 0 Å². The second-order valence-electron chi connectivity index (χ2n) is 6.94. The van der Waals surface area contributed by atoms with Crippen molar-refractivity contribution in [3.8, 4) is 0 Å². The van der Waals surface area contributed by atoms with Gasteiger partial charge < -0.3 is 14.4 Å². The monoisotopic (exact) mass is 390 g/mol. The van der Waals surface area contributed by atoms with Gasteiger partial charge in [-0.1, -0.05) is 6.92 Å². The second-order valence-corrected chi connectivity index (χ2v) is 8.86. The van der Waals surface area contributed by atoms with E-state index in [1.807, 2.05) is 9.80 Å². The predicted molar refractivity (Wildman–Crippen MR) is 95.9 cm³/mol. The van der Waals surface area contributed by atoms with Crippen molar-refractivity contribution in [3.05, 3.63) is 0 Å². The SMILES string of the molecule is CCC1CN(C(=O)CN2CCN(S(=O)(=O)N3CCOCC3)CC2)CCO1. The number of hydrogen-bond donors (Lipinski definition) is 0. The molecule has 0 aromatic carbocycles. The van der Waals surface area contributed by atoms with Crippen molar-refractivity contribution in [2.24, 2.45) is 0 Å². The van der Waals surface area contributed by atoms with Crippen LogP contribution in [0.3, 0.4) is 0 Å². The zero-order valence-corrected chi connectivity index (χ0v) is 16.3. The third kappa shape index (κ3) is 4.73. The molecule has 9 nitrogen and oxygen atoms in total. The number of piperazine rings is 1. The molecule has 0 aromatic rings. The van der Waals surface area contributed by atoms with Gasteiger partial charge in [-0.05, 0) is 6.42 Å². The zero-order chi connectivity index (χ0) is 18.6. The summed E-state index contributed by atoms with van der Waals surface area (Å²) in [6, 6.07) is 0. The number of amides is 1. The summed E-state index contributed by atoms with van der Waals surface area (Å²) < 4.78 is 39.2. The van der Waals surface area contributed by atoms with Crippen LogP contribution in [-0.2, 0) is 24.5 Å². The first-order valence-electron chi connectivity index (χ1n) is 9.45. The molecule has 0 bridgehead atoms. The lowest BCUT2D eigenvalue weighted by Gasteiger charge is -2.38. The Hall–Kier alpha value is -0.780. The van der Waals surface area contributed by atoms with E-state index in [1.54, 1.807) is 0 Å². The number of carbonyl (C=O) groups is 1. The topological polar surface area (TPSA) is 82.6 Å². The number of hydrogen-bond acceptors (Lipinski definition) is 6. The molecule has 1 atom stereocenters. The van der Waals surface area contributed by atoms with E-state index >= 15 is 0 Å². The first-order valence-corrected chi connectivity index (χ1v) is 10.8. The molecule has 0 saturated carbocycles. The van der Waals surface area contributed by atoms with Crippen LogP contribution in [0, 0.1) is 0 Å². The van der Waals surface area contributed by atoms with Crippen LogP contribution in [0.1, 0.15) is 13.3 Å². The quantitative estimate of drug-likeness (QED) is 0.588. The Labute approximate surface area is 156 Å². The Bertz CT molecular complexity index is 573. The minimum absolute atomic E-state index is 0.108. The smallest absolute Gasteiger partial charge is 0.282 e. The molecule has 150 valence electrons. The average molecular weight is 391 g/mol. The van der Waals surface area contributed by atoms with E-state index in [0.717, 1.165) is 6.42 Å². The van der Waals surface area contributed by atoms with E-state index in [4.69, 9.17) is 9.47 Å². The normalized spacial score (nSPS) is 27.6.